The van der Waals surface area contributed by atoms with Crippen molar-refractivity contribution in [1.29, 1.82) is 0 Å². The number of aryl methyl sites for hydroxylation is 3. The first-order valence-corrected chi connectivity index (χ1v) is 11.0. The number of nitrogens with two attached hydrogens (primary N) is 1. The third-order valence-electron chi connectivity index (χ3n) is 4.95. The van der Waals surface area contributed by atoms with Crippen molar-refractivity contribution in [1.82, 2.24) is 14.8 Å². The fraction of sp³-hybridized carbons (Fsp3) is 0.524. The molecule has 1 aliphatic carbocycles. The maximum atomic E-state index is 12.7. The van der Waals surface area contributed by atoms with Gasteiger partial charge in [0, 0.05) is 25.1 Å². The van der Waals surface area contributed by atoms with Gasteiger partial charge < -0.3 is 15.6 Å². The Labute approximate surface area is 175 Å². The van der Waals surface area contributed by atoms with Crippen LogP contribution >= 0.6 is 11.8 Å². The molecule has 0 aliphatic heterocycles. The Morgan fingerprint density at radius 3 is 2.69 bits per heavy atom. The van der Waals surface area contributed by atoms with Gasteiger partial charge in [-0.15, -0.1) is 10.2 Å². The van der Waals surface area contributed by atoms with Crippen LogP contribution < -0.4 is 11.1 Å². The van der Waals surface area contributed by atoms with Crippen molar-refractivity contribution in [2.45, 2.75) is 69.8 Å². The van der Waals surface area contributed by atoms with Gasteiger partial charge in [0.25, 0.3) is 0 Å². The molecule has 0 saturated heterocycles. The molecular weight excluding hydrogens is 386 g/mol. The van der Waals surface area contributed by atoms with Gasteiger partial charge in [0.05, 0.1) is 5.25 Å². The summed E-state index contributed by atoms with van der Waals surface area (Å²) in [5, 5.41) is 11.9. The predicted molar refractivity (Wildman–Crippen MR) is 115 cm³/mol. The SMILES string of the molecule is CC(C)Cn1c(CCC(N)=O)nnc1S[C@H](C)C(=O)Nc1ccc2c(c1)CCC2. The molecule has 0 radical (unpaired) electrons. The lowest BCUT2D eigenvalue weighted by Gasteiger charge is -2.15. The van der Waals surface area contributed by atoms with Crippen LogP contribution in [0.3, 0.4) is 0 Å². The number of fused-ring (bicyclic) bond motifs is 1. The third-order valence-corrected chi connectivity index (χ3v) is 6.03. The van der Waals surface area contributed by atoms with E-state index in [-0.39, 0.29) is 23.5 Å². The lowest BCUT2D eigenvalue weighted by molar-refractivity contribution is -0.118. The molecule has 156 valence electrons. The average molecular weight is 416 g/mol. The van der Waals surface area contributed by atoms with Crippen LogP contribution in [0.15, 0.2) is 23.4 Å². The van der Waals surface area contributed by atoms with Gasteiger partial charge >= 0.3 is 0 Å². The Morgan fingerprint density at radius 1 is 1.21 bits per heavy atom. The minimum Gasteiger partial charge on any atom is -0.370 e. The second-order valence-electron chi connectivity index (χ2n) is 7.96. The van der Waals surface area contributed by atoms with Gasteiger partial charge in [0.1, 0.15) is 5.82 Å². The smallest absolute Gasteiger partial charge is 0.237 e. The molecule has 0 bridgehead atoms. The summed E-state index contributed by atoms with van der Waals surface area (Å²) in [6, 6.07) is 6.17. The van der Waals surface area contributed by atoms with E-state index in [9.17, 15) is 9.59 Å². The summed E-state index contributed by atoms with van der Waals surface area (Å²) < 4.78 is 2.00. The maximum absolute atomic E-state index is 12.7. The molecule has 0 saturated carbocycles. The molecule has 1 heterocycles. The Bertz CT molecular complexity index is 893. The number of nitrogens with one attached hydrogen (secondary N) is 1. The number of primary amides is 1. The molecular formula is C21H29N5O2S. The third kappa shape index (κ3) is 5.59. The Balaban J connectivity index is 1.67. The van der Waals surface area contributed by atoms with Gasteiger partial charge in [-0.25, -0.2) is 0 Å². The molecule has 1 aliphatic rings. The topological polar surface area (TPSA) is 103 Å². The van der Waals surface area contributed by atoms with Gasteiger partial charge in [-0.2, -0.15) is 0 Å². The molecule has 1 aromatic carbocycles. The van der Waals surface area contributed by atoms with E-state index in [2.05, 4.69) is 41.5 Å². The Morgan fingerprint density at radius 2 is 1.97 bits per heavy atom. The summed E-state index contributed by atoms with van der Waals surface area (Å²) in [4.78, 5) is 23.9. The van der Waals surface area contributed by atoms with E-state index in [0.717, 1.165) is 30.9 Å². The van der Waals surface area contributed by atoms with Crippen molar-refractivity contribution < 1.29 is 9.59 Å². The number of thioether (sulfide) groups is 1. The lowest BCUT2D eigenvalue weighted by Crippen LogP contribution is -2.23. The van der Waals surface area contributed by atoms with E-state index in [1.807, 2.05) is 17.6 Å². The average Bonchev–Trinajstić information content (AvgIpc) is 3.26. The summed E-state index contributed by atoms with van der Waals surface area (Å²) in [5.74, 6) is 0.686. The van der Waals surface area contributed by atoms with Crippen LogP contribution in [0.25, 0.3) is 0 Å². The van der Waals surface area contributed by atoms with E-state index in [1.54, 1.807) is 0 Å². The molecule has 29 heavy (non-hydrogen) atoms. The number of nitrogens with zero attached hydrogens (tertiary/aromatic N) is 3. The van der Waals surface area contributed by atoms with Crippen LogP contribution in [0.5, 0.6) is 0 Å². The first-order chi connectivity index (χ1) is 13.8. The molecule has 1 aromatic heterocycles. The molecule has 8 heteroatoms. The lowest BCUT2D eigenvalue weighted by atomic mass is 10.1. The van der Waals surface area contributed by atoms with E-state index in [1.165, 1.54) is 29.3 Å². The zero-order valence-corrected chi connectivity index (χ0v) is 18.1. The molecule has 2 aromatic rings. The molecule has 3 N–H and O–H groups in total. The summed E-state index contributed by atoms with van der Waals surface area (Å²) >= 11 is 1.38. The number of carbonyl (C=O) groups excluding carboxylic acids is 2. The summed E-state index contributed by atoms with van der Waals surface area (Å²) in [6.45, 7) is 6.81. The zero-order chi connectivity index (χ0) is 21.0. The van der Waals surface area contributed by atoms with Crippen molar-refractivity contribution in [3.05, 3.63) is 35.2 Å². The van der Waals surface area contributed by atoms with Crippen molar-refractivity contribution in [2.24, 2.45) is 11.7 Å². The summed E-state index contributed by atoms with van der Waals surface area (Å²) in [6.07, 6.45) is 4.07. The maximum Gasteiger partial charge on any atom is 0.237 e. The van der Waals surface area contributed by atoms with E-state index < -0.39 is 0 Å². The van der Waals surface area contributed by atoms with Gasteiger partial charge in [-0.3, -0.25) is 9.59 Å². The highest BCUT2D eigenvalue weighted by molar-refractivity contribution is 8.00. The Hall–Kier alpha value is -2.35. The molecule has 0 fully saturated rings. The van der Waals surface area contributed by atoms with Crippen LogP contribution in [0.1, 0.15) is 50.6 Å². The summed E-state index contributed by atoms with van der Waals surface area (Å²) in [7, 11) is 0. The highest BCUT2D eigenvalue weighted by Crippen LogP contribution is 2.27. The second-order valence-corrected chi connectivity index (χ2v) is 9.26. The van der Waals surface area contributed by atoms with Gasteiger partial charge in [0.2, 0.25) is 11.8 Å². The van der Waals surface area contributed by atoms with Gasteiger partial charge in [-0.05, 0) is 55.4 Å². The van der Waals surface area contributed by atoms with Crippen LogP contribution in [0.4, 0.5) is 5.69 Å². The monoisotopic (exact) mass is 415 g/mol. The largest absolute Gasteiger partial charge is 0.370 e. The number of anilines is 1. The van der Waals surface area contributed by atoms with Crippen LogP contribution in [-0.4, -0.2) is 31.8 Å². The van der Waals surface area contributed by atoms with Crippen LogP contribution in [-0.2, 0) is 35.4 Å². The number of hydrogen-bond donors (Lipinski definition) is 2. The standard InChI is InChI=1S/C21H29N5O2S/c1-13(2)12-26-19(10-9-18(22)27)24-25-21(26)29-14(3)20(28)23-17-8-7-15-5-4-6-16(15)11-17/h7-8,11,13-14H,4-6,9-10,12H2,1-3H3,(H2,22,27)(H,23,28)/t14-/m1/s1. The number of aromatic nitrogens is 3. The fourth-order valence-electron chi connectivity index (χ4n) is 3.48. The number of benzene rings is 1. The van der Waals surface area contributed by atoms with E-state index in [0.29, 0.717) is 17.5 Å². The van der Waals surface area contributed by atoms with Crippen LogP contribution in [0.2, 0.25) is 0 Å². The molecule has 0 spiro atoms. The minimum atomic E-state index is -0.361. The van der Waals surface area contributed by atoms with Crippen molar-refractivity contribution in [2.75, 3.05) is 5.32 Å². The molecule has 7 nitrogen and oxygen atoms in total. The molecule has 0 unspecified atom stereocenters. The quantitative estimate of drug-likeness (QED) is 0.613. The molecule has 3 rings (SSSR count). The Kier molecular flexibility index (Phi) is 6.95. The second kappa shape index (κ2) is 9.43. The summed E-state index contributed by atoms with van der Waals surface area (Å²) in [5.41, 5.74) is 8.83. The first kappa shape index (κ1) is 21.4. The predicted octanol–water partition coefficient (Wildman–Crippen LogP) is 2.96. The van der Waals surface area contributed by atoms with Crippen molar-refractivity contribution in [3.63, 3.8) is 0 Å². The number of carbonyl (C=O) groups is 2. The van der Waals surface area contributed by atoms with Gasteiger partial charge in [0.15, 0.2) is 5.16 Å². The normalized spacial score (nSPS) is 14.1. The highest BCUT2D eigenvalue weighted by atomic mass is 32.2. The fourth-order valence-corrected chi connectivity index (χ4v) is 4.36. The van der Waals surface area contributed by atoms with Crippen molar-refractivity contribution >= 4 is 29.3 Å². The first-order valence-electron chi connectivity index (χ1n) is 10.1. The number of hydrogen-bond acceptors (Lipinski definition) is 5. The van der Waals surface area contributed by atoms with E-state index in [4.69, 9.17) is 5.73 Å². The highest BCUT2D eigenvalue weighted by Gasteiger charge is 2.21. The van der Waals surface area contributed by atoms with Crippen molar-refractivity contribution in [3.8, 4) is 0 Å². The van der Waals surface area contributed by atoms with E-state index >= 15 is 0 Å². The minimum absolute atomic E-state index is 0.0641. The zero-order valence-electron chi connectivity index (χ0n) is 17.3. The van der Waals surface area contributed by atoms with Crippen LogP contribution in [0, 0.1) is 5.92 Å². The number of rotatable bonds is 9. The van der Waals surface area contributed by atoms with Gasteiger partial charge in [-0.1, -0.05) is 31.7 Å². The molecule has 2 amide bonds. The molecule has 1 atom stereocenters. The number of amides is 2.